The van der Waals surface area contributed by atoms with Crippen molar-refractivity contribution < 1.29 is 18.9 Å². The van der Waals surface area contributed by atoms with Gasteiger partial charge in [0, 0.05) is 49.7 Å². The monoisotopic (exact) mass is 407 g/mol. The Bertz CT molecular complexity index is 1270. The number of rotatable bonds is 4. The molecule has 0 fully saturated rings. The van der Waals surface area contributed by atoms with Gasteiger partial charge in [-0.25, -0.2) is 14.4 Å². The van der Waals surface area contributed by atoms with Gasteiger partial charge in [0.2, 0.25) is 5.69 Å². The third-order valence-electron chi connectivity index (χ3n) is 4.55. The van der Waals surface area contributed by atoms with Gasteiger partial charge in [0.05, 0.1) is 11.5 Å². The number of hydrogen-bond donors (Lipinski definition) is 0. The van der Waals surface area contributed by atoms with Crippen molar-refractivity contribution in [3.63, 3.8) is 0 Å². The average Bonchev–Trinajstić information content (AvgIpc) is 2.71. The van der Waals surface area contributed by atoms with Crippen LogP contribution in [0.4, 0.5) is 16.2 Å². The van der Waals surface area contributed by atoms with E-state index in [4.69, 9.17) is 15.7 Å². The van der Waals surface area contributed by atoms with Gasteiger partial charge >= 0.3 is 11.7 Å². The second kappa shape index (κ2) is 8.05. The summed E-state index contributed by atoms with van der Waals surface area (Å²) in [5.41, 5.74) is 1.09. The molecule has 0 bridgehead atoms. The summed E-state index contributed by atoms with van der Waals surface area (Å²) in [7, 11) is 3.01. The first-order valence-corrected chi connectivity index (χ1v) is 8.81. The normalized spacial score (nSPS) is 10.5. The summed E-state index contributed by atoms with van der Waals surface area (Å²) in [6.45, 7) is 9.10. The zero-order valence-corrected chi connectivity index (χ0v) is 16.5. The number of hydrogen-bond acceptors (Lipinski definition) is 6. The van der Waals surface area contributed by atoms with Gasteiger partial charge in [-0.15, -0.1) is 0 Å². The van der Waals surface area contributed by atoms with E-state index in [1.807, 2.05) is 0 Å². The van der Waals surface area contributed by atoms with Crippen LogP contribution < -0.4 is 10.4 Å². The number of carbonyl (C=O) groups excluding carboxylic acids is 1. The van der Waals surface area contributed by atoms with Crippen LogP contribution in [0.25, 0.3) is 15.8 Å². The number of nitro groups is 1. The van der Waals surface area contributed by atoms with Gasteiger partial charge in [-0.3, -0.25) is 10.1 Å². The molecule has 2 aromatic carbocycles. The van der Waals surface area contributed by atoms with Gasteiger partial charge in [0.25, 0.3) is 5.69 Å². The predicted octanol–water partition coefficient (Wildman–Crippen LogP) is 4.21. The number of aryl methyl sites for hydroxylation is 1. The molecule has 30 heavy (non-hydrogen) atoms. The minimum Gasteiger partial charge on any atom is -0.422 e. The van der Waals surface area contributed by atoms with Gasteiger partial charge in [0.1, 0.15) is 11.3 Å². The fraction of sp³-hybridized carbons (Fsp3) is 0.190. The standard InChI is InChI=1S/C21H17N3O6/c1-12-15-10-17(22-2)19(30-21(26)23(3)4)11-18(15)29-20(25)16(12)9-13-6-5-7-14(8-13)24(27)28/h5-8,10-11H,9H2,1,3-4H3. The number of fused-ring (bicyclic) bond motifs is 1. The van der Waals surface area contributed by atoms with E-state index in [1.165, 1.54) is 43.3 Å². The Morgan fingerprint density at radius 1 is 1.30 bits per heavy atom. The smallest absolute Gasteiger partial charge is 0.413 e. The summed E-state index contributed by atoms with van der Waals surface area (Å²) < 4.78 is 10.6. The Morgan fingerprint density at radius 3 is 2.67 bits per heavy atom. The van der Waals surface area contributed by atoms with Crippen molar-refractivity contribution in [2.45, 2.75) is 13.3 Å². The molecule has 9 nitrogen and oxygen atoms in total. The fourth-order valence-corrected chi connectivity index (χ4v) is 2.95. The number of non-ortho nitro benzene ring substituents is 1. The van der Waals surface area contributed by atoms with E-state index in [1.54, 1.807) is 19.1 Å². The molecule has 0 aliphatic carbocycles. The van der Waals surface area contributed by atoms with E-state index >= 15 is 0 Å². The van der Waals surface area contributed by atoms with Crippen molar-refractivity contribution in [2.24, 2.45) is 0 Å². The van der Waals surface area contributed by atoms with Gasteiger partial charge in [0.15, 0.2) is 0 Å². The van der Waals surface area contributed by atoms with Crippen molar-refractivity contribution in [2.75, 3.05) is 14.1 Å². The van der Waals surface area contributed by atoms with E-state index in [2.05, 4.69) is 4.85 Å². The van der Waals surface area contributed by atoms with Crippen LogP contribution in [0.15, 0.2) is 45.6 Å². The lowest BCUT2D eigenvalue weighted by atomic mass is 9.99. The lowest BCUT2D eigenvalue weighted by molar-refractivity contribution is -0.384. The number of amides is 1. The second-order valence-electron chi connectivity index (χ2n) is 6.79. The molecule has 0 spiro atoms. The molecule has 0 aliphatic heterocycles. The third-order valence-corrected chi connectivity index (χ3v) is 4.55. The first-order chi connectivity index (χ1) is 14.2. The molecule has 3 aromatic rings. The molecule has 0 N–H and O–H groups in total. The molecule has 152 valence electrons. The molecule has 0 radical (unpaired) electrons. The Hall–Kier alpha value is -4.19. The van der Waals surface area contributed by atoms with Crippen LogP contribution in [0.1, 0.15) is 16.7 Å². The van der Waals surface area contributed by atoms with Gasteiger partial charge in [-0.05, 0) is 24.1 Å². The van der Waals surface area contributed by atoms with Crippen LogP contribution >= 0.6 is 0 Å². The first kappa shape index (κ1) is 20.5. The third kappa shape index (κ3) is 3.98. The predicted molar refractivity (Wildman–Crippen MR) is 109 cm³/mol. The van der Waals surface area contributed by atoms with E-state index in [0.717, 1.165) is 0 Å². The van der Waals surface area contributed by atoms with Crippen LogP contribution in [-0.4, -0.2) is 30.0 Å². The fourth-order valence-electron chi connectivity index (χ4n) is 2.95. The molecule has 1 heterocycles. The van der Waals surface area contributed by atoms with Gasteiger partial charge in [-0.2, -0.15) is 0 Å². The van der Waals surface area contributed by atoms with Gasteiger partial charge in [-0.1, -0.05) is 12.1 Å². The van der Waals surface area contributed by atoms with Crippen LogP contribution in [0.3, 0.4) is 0 Å². The maximum absolute atomic E-state index is 12.6. The zero-order chi connectivity index (χ0) is 22.0. The molecule has 9 heteroatoms. The summed E-state index contributed by atoms with van der Waals surface area (Å²) >= 11 is 0. The minimum atomic E-state index is -0.666. The highest BCUT2D eigenvalue weighted by Crippen LogP contribution is 2.35. The summed E-state index contributed by atoms with van der Waals surface area (Å²) in [5, 5.41) is 11.5. The van der Waals surface area contributed by atoms with E-state index in [-0.39, 0.29) is 29.1 Å². The molecule has 1 amide bonds. The second-order valence-corrected chi connectivity index (χ2v) is 6.79. The highest BCUT2D eigenvalue weighted by Gasteiger charge is 2.18. The Kier molecular flexibility index (Phi) is 5.51. The van der Waals surface area contributed by atoms with Crippen molar-refractivity contribution in [3.05, 3.63) is 85.0 Å². The highest BCUT2D eigenvalue weighted by molar-refractivity contribution is 5.89. The molecule has 1 aromatic heterocycles. The Labute approximate surface area is 171 Å². The van der Waals surface area contributed by atoms with E-state index < -0.39 is 16.6 Å². The zero-order valence-electron chi connectivity index (χ0n) is 16.5. The summed E-state index contributed by atoms with van der Waals surface area (Å²) in [6.07, 6.45) is -0.531. The maximum Gasteiger partial charge on any atom is 0.413 e. The SMILES string of the molecule is [C-]#[N+]c1cc2c(C)c(Cc3cccc([N+](=O)[O-])c3)c(=O)oc2cc1OC(=O)N(C)C. The largest absolute Gasteiger partial charge is 0.422 e. The van der Waals surface area contributed by atoms with E-state index in [9.17, 15) is 19.7 Å². The number of nitro benzene ring substituents is 1. The maximum atomic E-state index is 12.6. The Balaban J connectivity index is 2.10. The van der Waals surface area contributed by atoms with Crippen LogP contribution in [-0.2, 0) is 6.42 Å². The number of ether oxygens (including phenoxy) is 1. The average molecular weight is 407 g/mol. The van der Waals surface area contributed by atoms with E-state index in [0.29, 0.717) is 22.1 Å². The Morgan fingerprint density at radius 2 is 2.03 bits per heavy atom. The molecular weight excluding hydrogens is 390 g/mol. The molecule has 0 saturated heterocycles. The molecular formula is C21H17N3O6. The number of nitrogens with zero attached hydrogens (tertiary/aromatic N) is 3. The minimum absolute atomic E-state index is 0.00909. The van der Waals surface area contributed by atoms with Gasteiger partial charge < -0.3 is 14.1 Å². The lowest BCUT2D eigenvalue weighted by Gasteiger charge is -2.13. The summed E-state index contributed by atoms with van der Waals surface area (Å²) in [6, 6.07) is 8.85. The molecule has 0 aliphatic rings. The number of benzene rings is 2. The summed E-state index contributed by atoms with van der Waals surface area (Å²) in [4.78, 5) is 39.5. The first-order valence-electron chi connectivity index (χ1n) is 8.81. The molecule has 0 unspecified atom stereocenters. The molecule has 3 rings (SSSR count). The topological polar surface area (TPSA) is 107 Å². The van der Waals surface area contributed by atoms with Crippen LogP contribution in [0.2, 0.25) is 0 Å². The van der Waals surface area contributed by atoms with Crippen LogP contribution in [0, 0.1) is 23.6 Å². The number of carbonyl (C=O) groups is 1. The van der Waals surface area contributed by atoms with Crippen molar-refractivity contribution in [1.29, 1.82) is 0 Å². The van der Waals surface area contributed by atoms with Crippen molar-refractivity contribution >= 4 is 28.4 Å². The molecule has 0 saturated carbocycles. The highest BCUT2D eigenvalue weighted by atomic mass is 16.6. The lowest BCUT2D eigenvalue weighted by Crippen LogP contribution is -2.25. The van der Waals surface area contributed by atoms with Crippen molar-refractivity contribution in [3.8, 4) is 5.75 Å². The summed E-state index contributed by atoms with van der Waals surface area (Å²) in [5.74, 6) is -0.00909. The van der Waals surface area contributed by atoms with Crippen LogP contribution in [0.5, 0.6) is 5.75 Å². The molecule has 0 atom stereocenters. The van der Waals surface area contributed by atoms with Crippen molar-refractivity contribution in [1.82, 2.24) is 4.90 Å². The quantitative estimate of drug-likeness (QED) is 0.277.